The van der Waals surface area contributed by atoms with E-state index in [0.29, 0.717) is 77.3 Å². The maximum absolute atomic E-state index is 14.8. The summed E-state index contributed by atoms with van der Waals surface area (Å²) in [5.74, 6) is -11.1. The second-order valence-corrected chi connectivity index (χ2v) is 31.0. The van der Waals surface area contributed by atoms with E-state index < -0.39 is 127 Å². The summed E-state index contributed by atoms with van der Waals surface area (Å²) < 4.78 is 127. The van der Waals surface area contributed by atoms with E-state index in [2.05, 4.69) is 51.8 Å². The van der Waals surface area contributed by atoms with Crippen LogP contribution in [-0.4, -0.2) is 233 Å². The number of carboxylic acid groups (broad SMARTS) is 3. The van der Waals surface area contributed by atoms with Gasteiger partial charge in [-0.15, -0.1) is 45.8 Å². The number of nitrogens with one attached hydrogen (secondary N) is 3. The van der Waals surface area contributed by atoms with Crippen LogP contribution < -0.4 is 16.0 Å². The Morgan fingerprint density at radius 3 is 1.28 bits per heavy atom. The zero-order chi connectivity index (χ0) is 80.5. The van der Waals surface area contributed by atoms with Gasteiger partial charge in [0.1, 0.15) is 61.1 Å². The van der Waals surface area contributed by atoms with E-state index in [1.165, 1.54) is 75.3 Å². The zero-order valence-electron chi connectivity index (χ0n) is 59.8. The molecule has 3 saturated heterocycles. The van der Waals surface area contributed by atoms with E-state index in [9.17, 15) is 59.5 Å². The Morgan fingerprint density at radius 2 is 0.929 bits per heavy atom. The van der Waals surface area contributed by atoms with Crippen LogP contribution in [0.25, 0.3) is 0 Å². The molecular formula is C72H74BrCl2F7N12O14S4. The van der Waals surface area contributed by atoms with Crippen molar-refractivity contribution in [3.63, 3.8) is 0 Å². The third kappa shape index (κ3) is 22.6. The minimum Gasteiger partial charge on any atom is -0.481 e. The number of carboxylic acids is 3. The number of thiazole rings is 3. The topological polar surface area (TPSA) is 331 Å². The van der Waals surface area contributed by atoms with Crippen molar-refractivity contribution in [3.8, 4) is 0 Å². The molecule has 6 aromatic rings. The molecule has 6 aliphatic heterocycles. The first-order valence-electron chi connectivity index (χ1n) is 34.6. The van der Waals surface area contributed by atoms with Crippen LogP contribution in [0, 0.1) is 35.2 Å². The number of nitrogens with zero attached hydrogens (tertiary/aromatic N) is 9. The second kappa shape index (κ2) is 40.1. The number of ether oxygens (including phenoxy) is 5. The maximum Gasteiger partial charge on any atom is 0.338 e. The smallest absolute Gasteiger partial charge is 0.338 e. The first-order chi connectivity index (χ1) is 53.6. The van der Waals surface area contributed by atoms with Crippen LogP contribution in [0.1, 0.15) is 70.6 Å². The highest BCUT2D eigenvalue weighted by atomic mass is 79.9. The molecule has 0 aliphatic carbocycles. The molecule has 112 heavy (non-hydrogen) atoms. The third-order valence-corrected chi connectivity index (χ3v) is 22.5. The highest BCUT2D eigenvalue weighted by Crippen LogP contribution is 2.43. The lowest BCUT2D eigenvalue weighted by molar-refractivity contribution is -0.143. The number of esters is 3. The summed E-state index contributed by atoms with van der Waals surface area (Å²) >= 11 is 21.0. The highest BCUT2D eigenvalue weighted by molar-refractivity contribution is 9.10. The Hall–Kier alpha value is -8.28. The minimum atomic E-state index is -3.04. The van der Waals surface area contributed by atoms with Gasteiger partial charge in [0, 0.05) is 153 Å². The molecule has 6 aliphatic rings. The number of carbonyl (C=O) groups excluding carboxylic acids is 3. The monoisotopic (exact) mass is 1740 g/mol. The Balaban J connectivity index is 0.000000178. The van der Waals surface area contributed by atoms with Crippen molar-refractivity contribution in [2.75, 3.05) is 117 Å². The fourth-order valence-electron chi connectivity index (χ4n) is 12.9. The Morgan fingerprint density at radius 1 is 0.554 bits per heavy atom. The van der Waals surface area contributed by atoms with Crippen LogP contribution in [0.2, 0.25) is 10.0 Å². The molecular weight excluding hydrogens is 1670 g/mol. The quantitative estimate of drug-likeness (QED) is 0.0139. The fourth-order valence-corrected chi connectivity index (χ4v) is 16.7. The molecule has 0 saturated carbocycles. The molecule has 3 aromatic carbocycles. The van der Waals surface area contributed by atoms with E-state index in [1.54, 1.807) is 66.5 Å². The van der Waals surface area contributed by atoms with Gasteiger partial charge in [-0.1, -0.05) is 57.3 Å². The molecule has 6 N–H and O–H groups in total. The molecule has 40 heteroatoms. The Kier molecular flexibility index (Phi) is 30.9. The van der Waals surface area contributed by atoms with Gasteiger partial charge in [0.05, 0.1) is 62.1 Å². The first kappa shape index (κ1) is 86.1. The van der Waals surface area contributed by atoms with Crippen molar-refractivity contribution in [2.24, 2.45) is 32.7 Å². The van der Waals surface area contributed by atoms with Crippen molar-refractivity contribution in [1.29, 1.82) is 0 Å². The number of amidine groups is 3. The molecule has 0 bridgehead atoms. The molecule has 0 amide bonds. The number of hydrogen-bond acceptors (Lipinski definition) is 27. The summed E-state index contributed by atoms with van der Waals surface area (Å²) in [5.41, 5.74) is 3.00. The molecule has 12 rings (SSSR count). The van der Waals surface area contributed by atoms with Crippen molar-refractivity contribution in [1.82, 2.24) is 45.6 Å². The normalized spacial score (nSPS) is 21.8. The van der Waals surface area contributed by atoms with Crippen molar-refractivity contribution >= 4 is 138 Å². The lowest BCUT2D eigenvalue weighted by Gasteiger charge is -2.29. The van der Waals surface area contributed by atoms with Gasteiger partial charge < -0.3 is 55.0 Å². The minimum absolute atomic E-state index is 0.00734. The average molecular weight is 1740 g/mol. The van der Waals surface area contributed by atoms with E-state index in [0.717, 1.165) is 23.9 Å². The van der Waals surface area contributed by atoms with Gasteiger partial charge in [0.2, 0.25) is 0 Å². The van der Waals surface area contributed by atoms with Gasteiger partial charge in [-0.2, -0.15) is 0 Å². The lowest BCUT2D eigenvalue weighted by Crippen LogP contribution is -2.39. The average Bonchev–Trinajstić information content (AvgIpc) is 1.47. The van der Waals surface area contributed by atoms with Crippen molar-refractivity contribution < 1.29 is 98.5 Å². The summed E-state index contributed by atoms with van der Waals surface area (Å²) in [6.07, 6.45) is 2.36. The maximum atomic E-state index is 14.8. The molecule has 26 nitrogen and oxygen atoms in total. The zero-order valence-corrected chi connectivity index (χ0v) is 66.1. The van der Waals surface area contributed by atoms with Gasteiger partial charge in [-0.3, -0.25) is 34.5 Å². The number of hydrogen-bond donors (Lipinski definition) is 6. The van der Waals surface area contributed by atoms with Crippen LogP contribution in [0.5, 0.6) is 0 Å². The fraction of sp³-hybridized carbons (Fsp3) is 0.417. The third-order valence-electron chi connectivity index (χ3n) is 17.7. The van der Waals surface area contributed by atoms with E-state index in [4.69, 9.17) is 72.2 Å². The molecule has 8 atom stereocenters. The van der Waals surface area contributed by atoms with E-state index in [-0.39, 0.29) is 117 Å². The van der Waals surface area contributed by atoms with Crippen molar-refractivity contribution in [3.05, 3.63) is 187 Å². The van der Waals surface area contributed by atoms with Crippen LogP contribution in [0.3, 0.4) is 0 Å². The number of thioether (sulfide) groups is 1. The standard InChI is InChI=1S/C24H25BrF2N4O5S.C24H24ClF3N4O4S2.C24H25ClF2N4O5S/c1-2-36-24(34)20-18(10-31-8-13(17(27)9-31)11-35-12-19(32)33)29-22(23-28-5-6-37-23)30-21(20)15-4-3-14(26)7-16(15)25;1-2-36-23(35)19-17(9-32-8-13(24(27,28)12-32)10-37-11-18(33)34)30-21(22-29-5-6-38-22)31-20(19)15-4-3-14(26)7-16(15)25;1-2-36-24(34)20-18(10-31-8-13(17(27)9-31)11-35-12-19(32)33)29-22(23-28-5-6-37-23)30-21(20)15-4-3-14(26)7-16(15)25/h3-7,13,17,21H,2,8-12H2,1H3,(H,29,30)(H,32,33);3-7,13,20H,2,8-12H2,1H3,(H,30,31)(H,33,34);3-7,13,17,21H,2,8-12H2,1H3,(H,29,30)(H,32,33)/t13?,17?,21-;13?,20-;13?,17?,21-/m000/s1. The number of likely N-dealkylation sites (tertiary alicyclic amines) is 3. The van der Waals surface area contributed by atoms with Crippen molar-refractivity contribution in [2.45, 2.75) is 57.2 Å². The predicted molar refractivity (Wildman–Crippen MR) is 408 cm³/mol. The second-order valence-electron chi connectivity index (χ2n) is 25.7. The SMILES string of the molecule is CCOC(=O)C1=C(CN2CC(CSCC(=O)O)C(F)(F)C2)NC(c2nccs2)=N[C@H]1c1ccc(F)cc1Cl.CCOC(=O)C1=C(CN2CC(F)C(COCC(=O)O)C2)NC(c2nccs2)=N[C@H]1c1ccc(F)cc1Br.CCOC(=O)C1=C(CN2CC(F)C(COCC(=O)O)C2)NC(c2nccs2)=N[C@H]1c1ccc(F)cc1Cl. The summed E-state index contributed by atoms with van der Waals surface area (Å²) in [6.45, 7) is 4.65. The Labute approximate surface area is 671 Å². The number of benzene rings is 3. The van der Waals surface area contributed by atoms with Crippen LogP contribution in [0.4, 0.5) is 30.7 Å². The molecule has 600 valence electrons. The van der Waals surface area contributed by atoms with Gasteiger partial charge in [0.25, 0.3) is 5.92 Å². The summed E-state index contributed by atoms with van der Waals surface area (Å²) in [4.78, 5) is 104. The van der Waals surface area contributed by atoms with Gasteiger partial charge in [-0.05, 0) is 62.7 Å². The van der Waals surface area contributed by atoms with E-state index >= 15 is 0 Å². The molecule has 3 aromatic heterocycles. The molecule has 9 heterocycles. The summed E-state index contributed by atoms with van der Waals surface area (Å²) in [5, 5.41) is 43.0. The Bertz CT molecular complexity index is 4390. The number of carbonyl (C=O) groups is 6. The van der Waals surface area contributed by atoms with Crippen LogP contribution >= 0.6 is 84.9 Å². The highest BCUT2D eigenvalue weighted by Gasteiger charge is 2.49. The largest absolute Gasteiger partial charge is 0.481 e. The summed E-state index contributed by atoms with van der Waals surface area (Å²) in [7, 11) is 0. The molecule has 0 spiro atoms. The van der Waals surface area contributed by atoms with E-state index in [1.807, 2.05) is 4.90 Å². The summed E-state index contributed by atoms with van der Waals surface area (Å²) in [6, 6.07) is 8.99. The lowest BCUT2D eigenvalue weighted by atomic mass is 9.95. The molecule has 5 unspecified atom stereocenters. The number of aromatic nitrogens is 3. The number of rotatable bonds is 30. The number of aliphatic imine (C=N–C) groups is 3. The molecule has 3 fully saturated rings. The first-order valence-corrected chi connectivity index (χ1v) is 40.0. The van der Waals surface area contributed by atoms with Crippen LogP contribution in [-0.2, 0) is 52.5 Å². The van der Waals surface area contributed by atoms with Gasteiger partial charge in [-0.25, -0.2) is 69.7 Å². The predicted octanol–water partition coefficient (Wildman–Crippen LogP) is 10.8. The molecule has 0 radical (unpaired) electrons. The number of halogens is 10. The number of aliphatic carboxylic acids is 3. The van der Waals surface area contributed by atoms with Crippen LogP contribution in [0.15, 0.2) is 143 Å². The van der Waals surface area contributed by atoms with Gasteiger partial charge >= 0.3 is 35.8 Å². The number of alkyl halides is 4. The van der Waals surface area contributed by atoms with Gasteiger partial charge in [0.15, 0.2) is 32.5 Å².